The van der Waals surface area contributed by atoms with Gasteiger partial charge >= 0.3 is 5.97 Å². The van der Waals surface area contributed by atoms with Gasteiger partial charge in [-0.1, -0.05) is 64.9 Å². The van der Waals surface area contributed by atoms with Crippen molar-refractivity contribution in [3.05, 3.63) is 74.2 Å². The maximum atomic E-state index is 12.9. The molecule has 2 amide bonds. The first-order valence-electron chi connectivity index (χ1n) is 10.6. The third kappa shape index (κ3) is 5.51. The lowest BCUT2D eigenvalue weighted by molar-refractivity contribution is -0.150. The number of anilines is 1. The van der Waals surface area contributed by atoms with Gasteiger partial charge in [-0.2, -0.15) is 5.26 Å². The molecule has 2 atom stereocenters. The van der Waals surface area contributed by atoms with Crippen LogP contribution in [0.3, 0.4) is 0 Å². The number of rotatable bonds is 7. The number of ether oxygens (including phenoxy) is 1. The van der Waals surface area contributed by atoms with E-state index in [1.165, 1.54) is 7.11 Å². The maximum absolute atomic E-state index is 12.9. The molecule has 2 aromatic carbocycles. The van der Waals surface area contributed by atoms with Crippen molar-refractivity contribution in [2.24, 2.45) is 5.92 Å². The summed E-state index contributed by atoms with van der Waals surface area (Å²) >= 11 is 4.45. The van der Waals surface area contributed by atoms with Crippen molar-refractivity contribution < 1.29 is 19.1 Å². The molecule has 0 unspecified atom stereocenters. The molecule has 0 radical (unpaired) electrons. The molecule has 2 N–H and O–H groups in total. The minimum absolute atomic E-state index is 0.0215. The zero-order valence-electron chi connectivity index (χ0n) is 19.0. The van der Waals surface area contributed by atoms with E-state index in [0.717, 1.165) is 39.5 Å². The van der Waals surface area contributed by atoms with Crippen molar-refractivity contribution in [1.29, 1.82) is 5.26 Å². The van der Waals surface area contributed by atoms with E-state index in [9.17, 15) is 19.6 Å². The molecule has 0 bridgehead atoms. The van der Waals surface area contributed by atoms with Crippen LogP contribution in [0.4, 0.5) is 5.69 Å². The highest BCUT2D eigenvalue weighted by molar-refractivity contribution is 9.10. The minimum Gasteiger partial charge on any atom is -0.468 e. The number of carbonyl (C=O) groups is 3. The van der Waals surface area contributed by atoms with Crippen LogP contribution < -0.4 is 10.6 Å². The highest BCUT2D eigenvalue weighted by Gasteiger charge is 2.44. The SMILES string of the molecule is CCc1cccc(C)c1NC(=O)CSC1=C(C#N)[C@H](c2cccc(Br)c2)[C@@H](C(=O)OC)C(=O)N1. The highest BCUT2D eigenvalue weighted by Crippen LogP contribution is 2.40. The fourth-order valence-corrected chi connectivity index (χ4v) is 5.16. The molecule has 2 aromatic rings. The van der Waals surface area contributed by atoms with Gasteiger partial charge in [0.25, 0.3) is 0 Å². The van der Waals surface area contributed by atoms with Crippen molar-refractivity contribution in [3.63, 3.8) is 0 Å². The Kier molecular flexibility index (Phi) is 8.53. The lowest BCUT2D eigenvalue weighted by Crippen LogP contribution is -2.44. The molecular weight excluding hydrogens is 518 g/mol. The van der Waals surface area contributed by atoms with Crippen molar-refractivity contribution in [2.45, 2.75) is 26.2 Å². The number of hydrogen-bond donors (Lipinski definition) is 2. The fraction of sp³-hybridized carbons (Fsp3) is 0.280. The summed E-state index contributed by atoms with van der Waals surface area (Å²) in [6, 6.07) is 15.1. The molecule has 176 valence electrons. The monoisotopic (exact) mass is 541 g/mol. The molecule has 1 aliphatic rings. The Balaban J connectivity index is 1.91. The lowest BCUT2D eigenvalue weighted by Gasteiger charge is -2.31. The number of nitriles is 1. The van der Waals surface area contributed by atoms with Gasteiger partial charge in [0.05, 0.1) is 29.5 Å². The Morgan fingerprint density at radius 1 is 1.26 bits per heavy atom. The van der Waals surface area contributed by atoms with Crippen molar-refractivity contribution in [2.75, 3.05) is 18.2 Å². The van der Waals surface area contributed by atoms with Gasteiger partial charge in [0.15, 0.2) is 0 Å². The number of esters is 1. The summed E-state index contributed by atoms with van der Waals surface area (Å²) in [5.74, 6) is -3.65. The van der Waals surface area contributed by atoms with Crippen LogP contribution in [0.25, 0.3) is 0 Å². The summed E-state index contributed by atoms with van der Waals surface area (Å²) in [5.41, 5.74) is 3.57. The van der Waals surface area contributed by atoms with Crippen LogP contribution in [-0.2, 0) is 25.5 Å². The number of allylic oxidation sites excluding steroid dienone is 1. The number of thioether (sulfide) groups is 1. The van der Waals surface area contributed by atoms with Crippen LogP contribution in [0, 0.1) is 24.2 Å². The molecule has 7 nitrogen and oxygen atoms in total. The number of methoxy groups -OCH3 is 1. The first-order valence-corrected chi connectivity index (χ1v) is 12.4. The molecule has 9 heteroatoms. The van der Waals surface area contributed by atoms with E-state index in [1.54, 1.807) is 18.2 Å². The number of benzene rings is 2. The maximum Gasteiger partial charge on any atom is 0.319 e. The van der Waals surface area contributed by atoms with E-state index in [0.29, 0.717) is 5.56 Å². The van der Waals surface area contributed by atoms with Gasteiger partial charge in [0, 0.05) is 16.1 Å². The van der Waals surface area contributed by atoms with E-state index >= 15 is 0 Å². The summed E-state index contributed by atoms with van der Waals surface area (Å²) in [7, 11) is 1.20. The van der Waals surface area contributed by atoms with Crippen LogP contribution in [0.15, 0.2) is 57.5 Å². The third-order valence-corrected chi connectivity index (χ3v) is 7.05. The molecule has 34 heavy (non-hydrogen) atoms. The van der Waals surface area contributed by atoms with Crippen molar-refractivity contribution >= 4 is 51.2 Å². The molecule has 0 spiro atoms. The van der Waals surface area contributed by atoms with Gasteiger partial charge in [0.2, 0.25) is 11.8 Å². The summed E-state index contributed by atoms with van der Waals surface area (Å²) < 4.78 is 5.60. The first-order chi connectivity index (χ1) is 16.3. The molecule has 3 rings (SSSR count). The van der Waals surface area contributed by atoms with Gasteiger partial charge < -0.3 is 15.4 Å². The fourth-order valence-electron chi connectivity index (χ4n) is 3.89. The molecule has 0 aliphatic carbocycles. The Hall–Kier alpha value is -3.09. The zero-order valence-corrected chi connectivity index (χ0v) is 21.4. The molecule has 1 heterocycles. The average molecular weight is 542 g/mol. The Morgan fingerprint density at radius 3 is 2.65 bits per heavy atom. The normalized spacial score (nSPS) is 17.6. The van der Waals surface area contributed by atoms with Crippen molar-refractivity contribution in [3.8, 4) is 6.07 Å². The van der Waals surface area contributed by atoms with Crippen LogP contribution in [-0.4, -0.2) is 30.6 Å². The summed E-state index contributed by atoms with van der Waals surface area (Å²) in [6.45, 7) is 3.94. The van der Waals surface area contributed by atoms with Gasteiger partial charge in [-0.15, -0.1) is 0 Å². The predicted octanol–water partition coefficient (Wildman–Crippen LogP) is 4.43. The first kappa shape index (κ1) is 25.5. The number of hydrogen-bond acceptors (Lipinski definition) is 6. The van der Waals surface area contributed by atoms with Crippen molar-refractivity contribution in [1.82, 2.24) is 5.32 Å². The number of para-hydroxylation sites is 1. The van der Waals surface area contributed by atoms with E-state index in [-0.39, 0.29) is 22.3 Å². The number of nitrogens with zero attached hydrogens (tertiary/aromatic N) is 1. The van der Waals surface area contributed by atoms with E-state index in [4.69, 9.17) is 4.74 Å². The smallest absolute Gasteiger partial charge is 0.319 e. The Morgan fingerprint density at radius 2 is 2.00 bits per heavy atom. The molecular formula is C25H24BrN3O4S. The highest BCUT2D eigenvalue weighted by atomic mass is 79.9. The quantitative estimate of drug-likeness (QED) is 0.396. The predicted molar refractivity (Wildman–Crippen MR) is 135 cm³/mol. The van der Waals surface area contributed by atoms with Gasteiger partial charge in [-0.05, 0) is 42.2 Å². The second-order valence-corrected chi connectivity index (χ2v) is 9.58. The number of nitrogens with one attached hydrogen (secondary N) is 2. The second-order valence-electron chi connectivity index (χ2n) is 7.68. The van der Waals surface area contributed by atoms with E-state index in [2.05, 4.69) is 32.6 Å². The second kappa shape index (κ2) is 11.4. The van der Waals surface area contributed by atoms with E-state index in [1.807, 2.05) is 38.1 Å². The summed E-state index contributed by atoms with van der Waals surface area (Å²) in [4.78, 5) is 38.1. The van der Waals surface area contributed by atoms with Gasteiger partial charge in [0.1, 0.15) is 5.92 Å². The molecule has 0 aromatic heterocycles. The molecule has 1 aliphatic heterocycles. The van der Waals surface area contributed by atoms with Gasteiger partial charge in [-0.25, -0.2) is 0 Å². The summed E-state index contributed by atoms with van der Waals surface area (Å²) in [6.07, 6.45) is 0.771. The van der Waals surface area contributed by atoms with Crippen LogP contribution >= 0.6 is 27.7 Å². The number of halogens is 1. The average Bonchev–Trinajstić information content (AvgIpc) is 2.83. The van der Waals surface area contributed by atoms with Gasteiger partial charge in [-0.3, -0.25) is 14.4 Å². The number of amides is 2. The zero-order chi connectivity index (χ0) is 24.8. The molecule has 0 saturated heterocycles. The van der Waals surface area contributed by atoms with Crippen LogP contribution in [0.1, 0.15) is 29.5 Å². The Bertz CT molecular complexity index is 1200. The van der Waals surface area contributed by atoms with E-state index < -0.39 is 23.7 Å². The van der Waals surface area contributed by atoms with Crippen LogP contribution in [0.2, 0.25) is 0 Å². The molecule has 0 fully saturated rings. The van der Waals surface area contributed by atoms with Crippen LogP contribution in [0.5, 0.6) is 0 Å². The standard InChI is InChI=1S/C25H24BrN3O4S/c1-4-15-8-5-7-14(2)22(15)28-19(30)13-34-24-18(12-27)20(16-9-6-10-17(26)11-16)21(23(31)29-24)25(32)33-3/h5-11,20-21H,4,13H2,1-3H3,(H,28,30)(H,29,31)/t20-,21+/m0/s1. The minimum atomic E-state index is -1.22. The largest absolute Gasteiger partial charge is 0.468 e. The number of aryl methyl sites for hydroxylation is 2. The lowest BCUT2D eigenvalue weighted by atomic mass is 9.78. The third-order valence-electron chi connectivity index (χ3n) is 5.54. The summed E-state index contributed by atoms with van der Waals surface area (Å²) in [5, 5.41) is 15.8. The molecule has 0 saturated carbocycles. The topological polar surface area (TPSA) is 108 Å². The number of carbonyl (C=O) groups excluding carboxylic acids is 3. The Labute approximate surface area is 211 Å².